The summed E-state index contributed by atoms with van der Waals surface area (Å²) < 4.78 is 4.85. The Kier molecular flexibility index (Phi) is 6.11. The molecule has 0 saturated carbocycles. The predicted molar refractivity (Wildman–Crippen MR) is 108 cm³/mol. The van der Waals surface area contributed by atoms with Crippen molar-refractivity contribution in [3.63, 3.8) is 0 Å². The van der Waals surface area contributed by atoms with Gasteiger partial charge in [0.2, 0.25) is 5.91 Å². The smallest absolute Gasteiger partial charge is 0.308 e. The van der Waals surface area contributed by atoms with Gasteiger partial charge in [-0.1, -0.05) is 36.4 Å². The molecule has 1 aliphatic rings. The third-order valence-corrected chi connectivity index (χ3v) is 5.61. The van der Waals surface area contributed by atoms with Crippen molar-refractivity contribution in [3.8, 4) is 0 Å². The lowest BCUT2D eigenvalue weighted by Gasteiger charge is -2.36. The summed E-state index contributed by atoms with van der Waals surface area (Å²) in [6.07, 6.45) is 1.48. The van der Waals surface area contributed by atoms with Crippen molar-refractivity contribution >= 4 is 28.3 Å². The minimum Gasteiger partial charge on any atom is -0.469 e. The first-order valence-corrected chi connectivity index (χ1v) is 9.67. The number of ether oxygens (including phenoxy) is 1. The fourth-order valence-electron chi connectivity index (χ4n) is 3.96. The Hall–Kier alpha value is -2.40. The summed E-state index contributed by atoms with van der Waals surface area (Å²) in [7, 11) is 1.43. The molecular weight excluding hydrogens is 340 g/mol. The lowest BCUT2D eigenvalue weighted by Crippen LogP contribution is -2.50. The summed E-state index contributed by atoms with van der Waals surface area (Å²) in [5, 5.41) is 2.22. The number of benzene rings is 2. The number of likely N-dealkylation sites (N-methyl/N-ethyl adjacent to an activating group) is 1. The maximum absolute atomic E-state index is 13.3. The Morgan fingerprint density at radius 1 is 1.15 bits per heavy atom. The van der Waals surface area contributed by atoms with E-state index in [9.17, 15) is 9.59 Å². The van der Waals surface area contributed by atoms with Gasteiger partial charge in [-0.3, -0.25) is 14.5 Å². The molecule has 0 radical (unpaired) electrons. The number of rotatable bonds is 5. The maximum atomic E-state index is 13.3. The van der Waals surface area contributed by atoms with Gasteiger partial charge in [0.05, 0.1) is 24.8 Å². The van der Waals surface area contributed by atoms with Crippen molar-refractivity contribution in [2.75, 3.05) is 31.6 Å². The molecule has 0 aromatic heterocycles. The number of hydrogen-bond acceptors (Lipinski definition) is 4. The fraction of sp³-hybridized carbons (Fsp3) is 0.455. The number of amides is 1. The molecule has 27 heavy (non-hydrogen) atoms. The SMILES string of the molecule is CCN(C(=O)[C@@H](C)N1CCC(C(=O)OC)CC1)c1cccc2ccccc12. The molecule has 1 heterocycles. The van der Waals surface area contributed by atoms with Crippen LogP contribution in [-0.4, -0.2) is 49.6 Å². The molecule has 2 aromatic carbocycles. The topological polar surface area (TPSA) is 49.9 Å². The molecule has 1 amide bonds. The third kappa shape index (κ3) is 3.98. The molecule has 0 N–H and O–H groups in total. The van der Waals surface area contributed by atoms with E-state index in [-0.39, 0.29) is 23.8 Å². The van der Waals surface area contributed by atoms with Gasteiger partial charge < -0.3 is 9.64 Å². The average Bonchev–Trinajstić information content (AvgIpc) is 2.73. The van der Waals surface area contributed by atoms with Crippen LogP contribution in [0, 0.1) is 5.92 Å². The Balaban J connectivity index is 1.76. The molecular formula is C22H28N2O3. The highest BCUT2D eigenvalue weighted by molar-refractivity contribution is 6.05. The van der Waals surface area contributed by atoms with Crippen LogP contribution in [0.15, 0.2) is 42.5 Å². The van der Waals surface area contributed by atoms with E-state index < -0.39 is 0 Å². The van der Waals surface area contributed by atoms with Gasteiger partial charge in [0, 0.05) is 11.9 Å². The van der Waals surface area contributed by atoms with Crippen LogP contribution in [0.3, 0.4) is 0 Å². The molecule has 0 aliphatic carbocycles. The summed E-state index contributed by atoms with van der Waals surface area (Å²) in [4.78, 5) is 29.1. The lowest BCUT2D eigenvalue weighted by atomic mass is 9.96. The van der Waals surface area contributed by atoms with Crippen molar-refractivity contribution in [3.05, 3.63) is 42.5 Å². The maximum Gasteiger partial charge on any atom is 0.308 e. The third-order valence-electron chi connectivity index (χ3n) is 5.61. The van der Waals surface area contributed by atoms with Crippen molar-refractivity contribution in [1.29, 1.82) is 0 Å². The first-order valence-electron chi connectivity index (χ1n) is 9.67. The van der Waals surface area contributed by atoms with E-state index in [2.05, 4.69) is 23.1 Å². The zero-order chi connectivity index (χ0) is 19.4. The van der Waals surface area contributed by atoms with Crippen LogP contribution in [0.25, 0.3) is 10.8 Å². The summed E-state index contributed by atoms with van der Waals surface area (Å²) >= 11 is 0. The second kappa shape index (κ2) is 8.53. The number of anilines is 1. The quantitative estimate of drug-likeness (QED) is 0.759. The van der Waals surface area contributed by atoms with Gasteiger partial charge >= 0.3 is 5.97 Å². The molecule has 0 bridgehead atoms. The van der Waals surface area contributed by atoms with Crippen LogP contribution in [-0.2, 0) is 14.3 Å². The van der Waals surface area contributed by atoms with Crippen LogP contribution in [0.1, 0.15) is 26.7 Å². The second-order valence-corrected chi connectivity index (χ2v) is 7.09. The van der Waals surface area contributed by atoms with Crippen LogP contribution in [0.2, 0.25) is 0 Å². The number of fused-ring (bicyclic) bond motifs is 1. The number of carbonyl (C=O) groups excluding carboxylic acids is 2. The minimum absolute atomic E-state index is 0.0473. The highest BCUT2D eigenvalue weighted by Gasteiger charge is 2.32. The zero-order valence-electron chi connectivity index (χ0n) is 16.4. The monoisotopic (exact) mass is 368 g/mol. The van der Waals surface area contributed by atoms with Crippen molar-refractivity contribution in [1.82, 2.24) is 4.90 Å². The standard InChI is InChI=1S/C22H28N2O3/c1-4-24(20-11-7-9-17-8-5-6-10-19(17)20)21(25)16(2)23-14-12-18(13-15-23)22(26)27-3/h5-11,16,18H,4,12-15H2,1-3H3/t16-/m1/s1. The van der Waals surface area contributed by atoms with Crippen LogP contribution in [0.4, 0.5) is 5.69 Å². The molecule has 0 unspecified atom stereocenters. The number of methoxy groups -OCH3 is 1. The molecule has 5 nitrogen and oxygen atoms in total. The molecule has 144 valence electrons. The van der Waals surface area contributed by atoms with E-state index in [4.69, 9.17) is 4.74 Å². The Morgan fingerprint density at radius 2 is 1.81 bits per heavy atom. The van der Waals surface area contributed by atoms with E-state index >= 15 is 0 Å². The molecule has 3 rings (SSSR count). The van der Waals surface area contributed by atoms with E-state index in [0.717, 1.165) is 42.4 Å². The normalized spacial score (nSPS) is 16.9. The zero-order valence-corrected chi connectivity index (χ0v) is 16.4. The molecule has 2 aromatic rings. The molecule has 1 fully saturated rings. The number of hydrogen-bond donors (Lipinski definition) is 0. The van der Waals surface area contributed by atoms with Gasteiger partial charge in [-0.05, 0) is 51.2 Å². The van der Waals surface area contributed by atoms with Crippen LogP contribution in [0.5, 0.6) is 0 Å². The van der Waals surface area contributed by atoms with Gasteiger partial charge in [-0.25, -0.2) is 0 Å². The number of esters is 1. The van der Waals surface area contributed by atoms with Gasteiger partial charge in [0.25, 0.3) is 0 Å². The van der Waals surface area contributed by atoms with Gasteiger partial charge in [0.15, 0.2) is 0 Å². The van der Waals surface area contributed by atoms with Crippen LogP contribution < -0.4 is 4.90 Å². The number of likely N-dealkylation sites (tertiary alicyclic amines) is 1. The molecule has 1 aliphatic heterocycles. The minimum atomic E-state index is -0.220. The van der Waals surface area contributed by atoms with Crippen LogP contribution >= 0.6 is 0 Å². The highest BCUT2D eigenvalue weighted by atomic mass is 16.5. The summed E-state index contributed by atoms with van der Waals surface area (Å²) in [5.74, 6) is -0.0844. The van der Waals surface area contributed by atoms with Gasteiger partial charge in [0.1, 0.15) is 0 Å². The summed E-state index contributed by atoms with van der Waals surface area (Å²) in [6, 6.07) is 14.0. The van der Waals surface area contributed by atoms with E-state index in [1.54, 1.807) is 0 Å². The van der Waals surface area contributed by atoms with Crippen molar-refractivity contribution in [2.45, 2.75) is 32.7 Å². The van der Waals surface area contributed by atoms with Gasteiger partial charge in [-0.2, -0.15) is 0 Å². The number of carbonyl (C=O) groups is 2. The van der Waals surface area contributed by atoms with E-state index in [1.165, 1.54) is 7.11 Å². The first kappa shape index (κ1) is 19.4. The molecule has 0 spiro atoms. The van der Waals surface area contributed by atoms with Crippen molar-refractivity contribution < 1.29 is 14.3 Å². The van der Waals surface area contributed by atoms with E-state index in [1.807, 2.05) is 43.0 Å². The predicted octanol–water partition coefficient (Wildman–Crippen LogP) is 3.47. The Morgan fingerprint density at radius 3 is 2.48 bits per heavy atom. The summed E-state index contributed by atoms with van der Waals surface area (Å²) in [6.45, 7) is 6.07. The fourth-order valence-corrected chi connectivity index (χ4v) is 3.96. The van der Waals surface area contributed by atoms with E-state index in [0.29, 0.717) is 6.54 Å². The average molecular weight is 368 g/mol. The van der Waals surface area contributed by atoms with Gasteiger partial charge in [-0.15, -0.1) is 0 Å². The first-order chi connectivity index (χ1) is 13.1. The largest absolute Gasteiger partial charge is 0.469 e. The lowest BCUT2D eigenvalue weighted by molar-refractivity contribution is -0.147. The number of nitrogens with zero attached hydrogens (tertiary/aromatic N) is 2. The van der Waals surface area contributed by atoms with Crippen molar-refractivity contribution in [2.24, 2.45) is 5.92 Å². The Bertz CT molecular complexity index is 807. The summed E-state index contributed by atoms with van der Waals surface area (Å²) in [5.41, 5.74) is 0.955. The number of piperidine rings is 1. The molecule has 1 atom stereocenters. The Labute approximate surface area is 160 Å². The molecule has 1 saturated heterocycles. The highest BCUT2D eigenvalue weighted by Crippen LogP contribution is 2.28. The molecule has 5 heteroatoms. The second-order valence-electron chi connectivity index (χ2n) is 7.09.